The average molecular weight is 375 g/mol. The molecule has 136 valence electrons. The first-order valence-corrected chi connectivity index (χ1v) is 10.3. The number of hydrogen-bond donors (Lipinski definition) is 1. The summed E-state index contributed by atoms with van der Waals surface area (Å²) in [5, 5.41) is 7.22. The number of nitrogens with one attached hydrogen (secondary N) is 1. The van der Waals surface area contributed by atoms with Gasteiger partial charge in [-0.2, -0.15) is 0 Å². The summed E-state index contributed by atoms with van der Waals surface area (Å²) >= 11 is 1.19. The molecule has 4 nitrogen and oxygen atoms in total. The number of hydrogen-bond acceptors (Lipinski definition) is 4. The SMILES string of the molecule is CCc1nnsc1C(=O)NC[C@@H]1CC2c3ccccc3C1c1ccccc12. The van der Waals surface area contributed by atoms with E-state index in [1.807, 2.05) is 6.92 Å². The molecule has 1 N–H and O–H groups in total. The van der Waals surface area contributed by atoms with Crippen molar-refractivity contribution in [3.05, 3.63) is 81.4 Å². The Labute approximate surface area is 162 Å². The summed E-state index contributed by atoms with van der Waals surface area (Å²) in [5.74, 6) is 1.16. The molecule has 2 aromatic carbocycles. The molecule has 0 aliphatic heterocycles. The van der Waals surface area contributed by atoms with Gasteiger partial charge < -0.3 is 5.32 Å². The van der Waals surface area contributed by atoms with Crippen LogP contribution in [0.4, 0.5) is 0 Å². The Kier molecular flexibility index (Phi) is 4.05. The zero-order valence-electron chi connectivity index (χ0n) is 15.2. The summed E-state index contributed by atoms with van der Waals surface area (Å²) in [6.07, 6.45) is 1.81. The van der Waals surface area contributed by atoms with Crippen LogP contribution in [0.2, 0.25) is 0 Å². The molecular formula is C22H21N3OS. The van der Waals surface area contributed by atoms with Gasteiger partial charge in [0.2, 0.25) is 0 Å². The third kappa shape index (κ3) is 2.60. The van der Waals surface area contributed by atoms with E-state index in [1.165, 1.54) is 33.8 Å². The fourth-order valence-electron chi connectivity index (χ4n) is 4.88. The molecule has 0 saturated heterocycles. The monoisotopic (exact) mass is 375 g/mol. The lowest BCUT2D eigenvalue weighted by molar-refractivity contribution is 0.0946. The van der Waals surface area contributed by atoms with Crippen LogP contribution in [0.25, 0.3) is 0 Å². The Hall–Kier alpha value is -2.53. The molecule has 3 aliphatic rings. The number of nitrogens with zero attached hydrogens (tertiary/aromatic N) is 2. The predicted octanol–water partition coefficient (Wildman–Crippen LogP) is 4.13. The van der Waals surface area contributed by atoms with Gasteiger partial charge in [0.05, 0.1) is 5.69 Å². The molecule has 0 unspecified atom stereocenters. The summed E-state index contributed by atoms with van der Waals surface area (Å²) in [7, 11) is 0. The van der Waals surface area contributed by atoms with E-state index in [4.69, 9.17) is 0 Å². The highest BCUT2D eigenvalue weighted by atomic mass is 32.1. The molecule has 3 aromatic rings. The van der Waals surface area contributed by atoms with Gasteiger partial charge in [0.25, 0.3) is 5.91 Å². The second kappa shape index (κ2) is 6.57. The Morgan fingerprint density at radius 3 is 2.33 bits per heavy atom. The molecule has 0 saturated carbocycles. The highest BCUT2D eigenvalue weighted by Crippen LogP contribution is 2.55. The van der Waals surface area contributed by atoms with E-state index < -0.39 is 0 Å². The number of benzene rings is 2. The smallest absolute Gasteiger partial charge is 0.264 e. The number of rotatable bonds is 4. The van der Waals surface area contributed by atoms with Gasteiger partial charge in [0.1, 0.15) is 4.88 Å². The Morgan fingerprint density at radius 1 is 1.07 bits per heavy atom. The molecule has 27 heavy (non-hydrogen) atoms. The number of fused-ring (bicyclic) bond motifs is 1. The lowest BCUT2D eigenvalue weighted by Crippen LogP contribution is -2.39. The zero-order valence-corrected chi connectivity index (χ0v) is 16.0. The number of amides is 1. The molecule has 6 rings (SSSR count). The fourth-order valence-corrected chi connectivity index (χ4v) is 5.54. The third-order valence-electron chi connectivity index (χ3n) is 6.04. The van der Waals surface area contributed by atoms with E-state index in [0.717, 1.165) is 18.5 Å². The average Bonchev–Trinajstić information content (AvgIpc) is 3.21. The first-order valence-electron chi connectivity index (χ1n) is 9.55. The van der Waals surface area contributed by atoms with E-state index >= 15 is 0 Å². The van der Waals surface area contributed by atoms with Crippen molar-refractivity contribution in [3.63, 3.8) is 0 Å². The Balaban J connectivity index is 1.43. The van der Waals surface area contributed by atoms with E-state index in [0.29, 0.717) is 29.2 Å². The number of carbonyl (C=O) groups excluding carboxylic acids is 1. The highest BCUT2D eigenvalue weighted by molar-refractivity contribution is 7.08. The molecule has 2 bridgehead atoms. The van der Waals surface area contributed by atoms with E-state index in [2.05, 4.69) is 63.4 Å². The normalized spacial score (nSPS) is 22.2. The number of aromatic nitrogens is 2. The second-order valence-electron chi connectivity index (χ2n) is 7.40. The van der Waals surface area contributed by atoms with Crippen LogP contribution in [0.3, 0.4) is 0 Å². The minimum atomic E-state index is -0.0372. The molecule has 0 radical (unpaired) electrons. The second-order valence-corrected chi connectivity index (χ2v) is 8.15. The van der Waals surface area contributed by atoms with Crippen LogP contribution in [0.1, 0.15) is 62.8 Å². The topological polar surface area (TPSA) is 54.9 Å². The first kappa shape index (κ1) is 16.6. The molecule has 1 atom stereocenters. The van der Waals surface area contributed by atoms with E-state index in [-0.39, 0.29) is 5.91 Å². The fraction of sp³-hybridized carbons (Fsp3) is 0.318. The van der Waals surface area contributed by atoms with Crippen molar-refractivity contribution in [2.75, 3.05) is 6.54 Å². The number of aryl methyl sites for hydroxylation is 1. The zero-order chi connectivity index (χ0) is 18.4. The lowest BCUT2D eigenvalue weighted by atomic mass is 9.59. The summed E-state index contributed by atoms with van der Waals surface area (Å²) in [6, 6.07) is 17.6. The standard InChI is InChI=1S/C22H21N3OS/c1-2-19-21(27-25-24-19)22(26)23-12-13-11-18-14-7-3-5-9-16(14)20(13)17-10-6-4-8-15(17)18/h3-10,13,18,20H,2,11-12H2,1H3,(H,23,26)/t13-,18?,20?/m0/s1. The summed E-state index contributed by atoms with van der Waals surface area (Å²) in [4.78, 5) is 13.3. The van der Waals surface area contributed by atoms with Crippen LogP contribution in [-0.2, 0) is 6.42 Å². The van der Waals surface area contributed by atoms with Crippen molar-refractivity contribution in [2.24, 2.45) is 5.92 Å². The van der Waals surface area contributed by atoms with Gasteiger partial charge in [-0.1, -0.05) is 59.9 Å². The van der Waals surface area contributed by atoms with Gasteiger partial charge >= 0.3 is 0 Å². The summed E-state index contributed by atoms with van der Waals surface area (Å²) < 4.78 is 3.94. The highest BCUT2D eigenvalue weighted by Gasteiger charge is 2.42. The third-order valence-corrected chi connectivity index (χ3v) is 6.81. The van der Waals surface area contributed by atoms with Crippen molar-refractivity contribution >= 4 is 17.4 Å². The van der Waals surface area contributed by atoms with Gasteiger partial charge in [-0.3, -0.25) is 4.79 Å². The quantitative estimate of drug-likeness (QED) is 0.746. The van der Waals surface area contributed by atoms with Crippen molar-refractivity contribution in [1.82, 2.24) is 14.9 Å². The lowest BCUT2D eigenvalue weighted by Gasteiger charge is -2.45. The molecule has 1 aromatic heterocycles. The molecular weight excluding hydrogens is 354 g/mol. The van der Waals surface area contributed by atoms with Crippen LogP contribution >= 0.6 is 11.5 Å². The predicted molar refractivity (Wildman–Crippen MR) is 106 cm³/mol. The van der Waals surface area contributed by atoms with Crippen molar-refractivity contribution in [3.8, 4) is 0 Å². The van der Waals surface area contributed by atoms with Gasteiger partial charge in [0, 0.05) is 18.4 Å². The van der Waals surface area contributed by atoms with Crippen LogP contribution in [-0.4, -0.2) is 22.0 Å². The number of carbonyl (C=O) groups is 1. The molecule has 1 heterocycles. The largest absolute Gasteiger partial charge is 0.351 e. The minimum Gasteiger partial charge on any atom is -0.351 e. The molecule has 0 fully saturated rings. The maximum absolute atomic E-state index is 12.6. The maximum atomic E-state index is 12.6. The maximum Gasteiger partial charge on any atom is 0.264 e. The van der Waals surface area contributed by atoms with Crippen LogP contribution in [0.5, 0.6) is 0 Å². The van der Waals surface area contributed by atoms with Crippen molar-refractivity contribution < 1.29 is 4.79 Å². The molecule has 5 heteroatoms. The molecule has 1 amide bonds. The van der Waals surface area contributed by atoms with Gasteiger partial charge in [-0.25, -0.2) is 0 Å². The first-order chi connectivity index (χ1) is 13.3. The van der Waals surface area contributed by atoms with Crippen molar-refractivity contribution in [1.29, 1.82) is 0 Å². The van der Waals surface area contributed by atoms with Crippen LogP contribution in [0.15, 0.2) is 48.5 Å². The molecule has 3 aliphatic carbocycles. The molecule has 0 spiro atoms. The Bertz CT molecular complexity index is 965. The minimum absolute atomic E-state index is 0.0372. The van der Waals surface area contributed by atoms with Gasteiger partial charge in [-0.15, -0.1) is 5.10 Å². The van der Waals surface area contributed by atoms with E-state index in [1.54, 1.807) is 0 Å². The Morgan fingerprint density at radius 2 is 1.70 bits per heavy atom. The van der Waals surface area contributed by atoms with E-state index in [9.17, 15) is 4.79 Å². The van der Waals surface area contributed by atoms with Gasteiger partial charge in [0.15, 0.2) is 0 Å². The van der Waals surface area contributed by atoms with Crippen LogP contribution < -0.4 is 5.32 Å². The summed E-state index contributed by atoms with van der Waals surface area (Å²) in [6.45, 7) is 2.69. The van der Waals surface area contributed by atoms with Gasteiger partial charge in [-0.05, 0) is 52.5 Å². The summed E-state index contributed by atoms with van der Waals surface area (Å²) in [5.41, 5.74) is 6.58. The van der Waals surface area contributed by atoms with Crippen LogP contribution in [0, 0.1) is 5.92 Å². The van der Waals surface area contributed by atoms with Crippen molar-refractivity contribution in [2.45, 2.75) is 31.6 Å².